The standard InChI is InChI=1S/C20H34N8O10/c21-9(8-15(32)33)16(34)26-11(4-6-14(30)31)17(35)27-10(3-5-13(22)29)18(36)28-12(19(37)38)2-1-7-25-20(23)24/h9-12H,1-8,21H2,(H2,22,29)(H,26,34)(H,27,35)(H,28,36)(H,30,31)(H,32,33)(H,37,38)(H4,23,24,25). The maximum atomic E-state index is 12.9. The van der Waals surface area contributed by atoms with Gasteiger partial charge >= 0.3 is 17.9 Å². The summed E-state index contributed by atoms with van der Waals surface area (Å²) in [5, 5.41) is 33.7. The first-order chi connectivity index (χ1) is 17.6. The van der Waals surface area contributed by atoms with Crippen LogP contribution in [0.2, 0.25) is 0 Å². The van der Waals surface area contributed by atoms with Crippen molar-refractivity contribution in [3.05, 3.63) is 0 Å². The van der Waals surface area contributed by atoms with E-state index in [0.717, 1.165) is 0 Å². The molecule has 0 bridgehead atoms. The Kier molecular flexibility index (Phi) is 15.0. The van der Waals surface area contributed by atoms with Gasteiger partial charge in [-0.05, 0) is 25.7 Å². The highest BCUT2D eigenvalue weighted by Crippen LogP contribution is 2.06. The van der Waals surface area contributed by atoms with Gasteiger partial charge in [0, 0.05) is 19.4 Å². The zero-order valence-electron chi connectivity index (χ0n) is 20.4. The number of carbonyl (C=O) groups excluding carboxylic acids is 4. The molecule has 0 aromatic rings. The van der Waals surface area contributed by atoms with E-state index in [2.05, 4.69) is 20.9 Å². The van der Waals surface area contributed by atoms with Crippen molar-refractivity contribution in [2.24, 2.45) is 27.9 Å². The average Bonchev–Trinajstić information content (AvgIpc) is 2.79. The first-order valence-electron chi connectivity index (χ1n) is 11.3. The topological polar surface area (TPSA) is 333 Å². The number of primary amides is 1. The number of nitrogens with two attached hydrogens (primary N) is 4. The van der Waals surface area contributed by atoms with Gasteiger partial charge in [-0.3, -0.25) is 33.8 Å². The molecule has 18 nitrogen and oxygen atoms in total. The van der Waals surface area contributed by atoms with Crippen LogP contribution in [-0.2, 0) is 33.6 Å². The number of hydrogen-bond donors (Lipinski definition) is 10. The lowest BCUT2D eigenvalue weighted by molar-refractivity contribution is -0.142. The van der Waals surface area contributed by atoms with Crippen LogP contribution in [0, 0.1) is 0 Å². The molecule has 0 rings (SSSR count). The Bertz CT molecular complexity index is 921. The monoisotopic (exact) mass is 546 g/mol. The summed E-state index contributed by atoms with van der Waals surface area (Å²) in [7, 11) is 0. The normalized spacial score (nSPS) is 13.6. The molecule has 4 amide bonds. The van der Waals surface area contributed by atoms with E-state index < -0.39 is 91.4 Å². The molecule has 0 spiro atoms. The van der Waals surface area contributed by atoms with Crippen LogP contribution in [0.3, 0.4) is 0 Å². The van der Waals surface area contributed by atoms with Gasteiger partial charge in [-0.15, -0.1) is 0 Å². The quantitative estimate of drug-likeness (QED) is 0.0415. The zero-order valence-corrected chi connectivity index (χ0v) is 20.4. The summed E-state index contributed by atoms with van der Waals surface area (Å²) in [6, 6.07) is -6.04. The Morgan fingerprint density at radius 1 is 0.684 bits per heavy atom. The fraction of sp³-hybridized carbons (Fsp3) is 0.600. The second-order valence-electron chi connectivity index (χ2n) is 8.11. The van der Waals surface area contributed by atoms with Gasteiger partial charge in [0.1, 0.15) is 18.1 Å². The van der Waals surface area contributed by atoms with E-state index in [0.29, 0.717) is 0 Å². The van der Waals surface area contributed by atoms with Gasteiger partial charge in [0.15, 0.2) is 5.96 Å². The fourth-order valence-electron chi connectivity index (χ4n) is 2.96. The zero-order chi connectivity index (χ0) is 29.4. The summed E-state index contributed by atoms with van der Waals surface area (Å²) in [5.74, 6) is -8.28. The second kappa shape index (κ2) is 17.1. The van der Waals surface area contributed by atoms with Crippen LogP contribution in [0.5, 0.6) is 0 Å². The highest BCUT2D eigenvalue weighted by molar-refractivity contribution is 5.95. The minimum absolute atomic E-state index is 0.0821. The molecule has 4 atom stereocenters. The van der Waals surface area contributed by atoms with Gasteiger partial charge < -0.3 is 54.2 Å². The maximum Gasteiger partial charge on any atom is 0.326 e. The Labute approximate surface area is 216 Å². The van der Waals surface area contributed by atoms with Crippen molar-refractivity contribution in [2.75, 3.05) is 6.54 Å². The lowest BCUT2D eigenvalue weighted by atomic mass is 10.1. The summed E-state index contributed by atoms with van der Waals surface area (Å²) >= 11 is 0. The van der Waals surface area contributed by atoms with Gasteiger partial charge in [-0.1, -0.05) is 0 Å². The lowest BCUT2D eigenvalue weighted by Crippen LogP contribution is -2.57. The van der Waals surface area contributed by atoms with Gasteiger partial charge in [0.05, 0.1) is 12.5 Å². The van der Waals surface area contributed by atoms with Crippen LogP contribution in [0.25, 0.3) is 0 Å². The van der Waals surface area contributed by atoms with Gasteiger partial charge in [0.2, 0.25) is 23.6 Å². The molecule has 0 saturated carbocycles. The molecule has 0 aromatic carbocycles. The SMILES string of the molecule is NC(=O)CCC(NC(=O)C(CCC(=O)O)NC(=O)C(N)CC(=O)O)C(=O)NC(CCCN=C(N)N)C(=O)O. The number of aliphatic imine (C=N–C) groups is 1. The van der Waals surface area contributed by atoms with Gasteiger partial charge in [-0.2, -0.15) is 0 Å². The fourth-order valence-corrected chi connectivity index (χ4v) is 2.96. The van der Waals surface area contributed by atoms with E-state index in [-0.39, 0.29) is 31.8 Å². The average molecular weight is 547 g/mol. The van der Waals surface area contributed by atoms with Crippen molar-refractivity contribution in [3.63, 3.8) is 0 Å². The van der Waals surface area contributed by atoms with Crippen LogP contribution in [0.15, 0.2) is 4.99 Å². The minimum Gasteiger partial charge on any atom is -0.481 e. The molecule has 38 heavy (non-hydrogen) atoms. The third kappa shape index (κ3) is 14.8. The third-order valence-corrected chi connectivity index (χ3v) is 4.88. The van der Waals surface area contributed by atoms with E-state index in [1.54, 1.807) is 0 Å². The maximum absolute atomic E-state index is 12.9. The minimum atomic E-state index is -1.56. The number of hydrogen-bond acceptors (Lipinski definition) is 9. The number of rotatable bonds is 19. The van der Waals surface area contributed by atoms with Crippen molar-refractivity contribution in [1.82, 2.24) is 16.0 Å². The molecule has 0 fully saturated rings. The highest BCUT2D eigenvalue weighted by atomic mass is 16.4. The molecule has 0 saturated heterocycles. The lowest BCUT2D eigenvalue weighted by Gasteiger charge is -2.25. The molecule has 214 valence electrons. The second-order valence-corrected chi connectivity index (χ2v) is 8.11. The van der Waals surface area contributed by atoms with E-state index in [9.17, 15) is 38.7 Å². The van der Waals surface area contributed by atoms with E-state index in [4.69, 9.17) is 33.1 Å². The molecule has 0 heterocycles. The van der Waals surface area contributed by atoms with Crippen molar-refractivity contribution >= 4 is 47.5 Å². The van der Waals surface area contributed by atoms with Crippen LogP contribution in [0.1, 0.15) is 44.9 Å². The number of aliphatic carboxylic acids is 3. The third-order valence-electron chi connectivity index (χ3n) is 4.88. The molecule has 0 aromatic heterocycles. The number of amides is 4. The molecule has 4 unspecified atom stereocenters. The van der Waals surface area contributed by atoms with E-state index in [1.165, 1.54) is 0 Å². The summed E-state index contributed by atoms with van der Waals surface area (Å²) in [6.45, 7) is 0.0821. The molecule has 14 N–H and O–H groups in total. The smallest absolute Gasteiger partial charge is 0.326 e. The first-order valence-corrected chi connectivity index (χ1v) is 11.3. The van der Waals surface area contributed by atoms with Crippen molar-refractivity contribution < 1.29 is 48.9 Å². The Balaban J connectivity index is 5.63. The molecular formula is C20H34N8O10. The molecule has 18 heteroatoms. The number of guanidine groups is 1. The number of carboxylic acid groups (broad SMARTS) is 3. The number of nitrogens with one attached hydrogen (secondary N) is 3. The number of carbonyl (C=O) groups is 7. The molecule has 0 aliphatic heterocycles. The molecular weight excluding hydrogens is 512 g/mol. The summed E-state index contributed by atoms with van der Waals surface area (Å²) in [6.07, 6.45) is -2.49. The molecule has 0 aliphatic rings. The first kappa shape index (κ1) is 33.5. The van der Waals surface area contributed by atoms with Crippen molar-refractivity contribution in [2.45, 2.75) is 69.1 Å². The highest BCUT2D eigenvalue weighted by Gasteiger charge is 2.31. The van der Waals surface area contributed by atoms with Crippen molar-refractivity contribution in [3.8, 4) is 0 Å². The predicted molar refractivity (Wildman–Crippen MR) is 129 cm³/mol. The summed E-state index contributed by atoms with van der Waals surface area (Å²) in [4.78, 5) is 86.2. The molecule has 0 aliphatic carbocycles. The van der Waals surface area contributed by atoms with E-state index >= 15 is 0 Å². The van der Waals surface area contributed by atoms with Crippen LogP contribution < -0.4 is 38.9 Å². The number of carboxylic acids is 3. The largest absolute Gasteiger partial charge is 0.481 e. The van der Waals surface area contributed by atoms with Crippen LogP contribution in [0.4, 0.5) is 0 Å². The van der Waals surface area contributed by atoms with Crippen LogP contribution in [-0.4, -0.2) is 93.5 Å². The predicted octanol–water partition coefficient (Wildman–Crippen LogP) is -4.49. The van der Waals surface area contributed by atoms with E-state index in [1.807, 2.05) is 0 Å². The summed E-state index contributed by atoms with van der Waals surface area (Å²) in [5.41, 5.74) is 21.0. The van der Waals surface area contributed by atoms with Gasteiger partial charge in [-0.25, -0.2) is 4.79 Å². The summed E-state index contributed by atoms with van der Waals surface area (Å²) < 4.78 is 0. The van der Waals surface area contributed by atoms with Crippen molar-refractivity contribution in [1.29, 1.82) is 0 Å². The van der Waals surface area contributed by atoms with Gasteiger partial charge in [0.25, 0.3) is 0 Å². The Hall–Kier alpha value is -4.48. The Morgan fingerprint density at radius 3 is 1.63 bits per heavy atom. The number of nitrogens with zero attached hydrogens (tertiary/aromatic N) is 1. The Morgan fingerprint density at radius 2 is 1.18 bits per heavy atom. The van der Waals surface area contributed by atoms with Crippen LogP contribution >= 0.6 is 0 Å². The molecule has 0 radical (unpaired) electrons.